The summed E-state index contributed by atoms with van der Waals surface area (Å²) >= 11 is 12.9. The van der Waals surface area contributed by atoms with Gasteiger partial charge in [-0.1, -0.05) is 35.3 Å². The fourth-order valence-corrected chi connectivity index (χ4v) is 5.84. The molecule has 0 radical (unpaired) electrons. The number of carboxylic acids is 1. The molecule has 0 saturated carbocycles. The third-order valence-corrected chi connectivity index (χ3v) is 7.97. The lowest BCUT2D eigenvalue weighted by molar-refractivity contribution is -0.146. The molecule has 9 nitrogen and oxygen atoms in total. The summed E-state index contributed by atoms with van der Waals surface area (Å²) in [7, 11) is 1.43. The van der Waals surface area contributed by atoms with Gasteiger partial charge in [-0.25, -0.2) is 0 Å². The minimum absolute atomic E-state index is 0.0148. The first-order chi connectivity index (χ1) is 19.5. The Morgan fingerprint density at radius 2 is 1.83 bits per heavy atom. The number of fused-ring (bicyclic) bond motifs is 3. The lowest BCUT2D eigenvalue weighted by Gasteiger charge is -2.32. The predicted octanol–water partition coefficient (Wildman–Crippen LogP) is 5.87. The van der Waals surface area contributed by atoms with E-state index in [0.717, 1.165) is 4.57 Å². The zero-order valence-electron chi connectivity index (χ0n) is 21.7. The molecule has 1 N–H and O–H groups in total. The number of hydrogen-bond donors (Lipinski definition) is 1. The third-order valence-electron chi connectivity index (χ3n) is 7.33. The second kappa shape index (κ2) is 11.5. The maximum atomic E-state index is 14.2. The molecule has 2 atom stereocenters. The molecule has 1 amide bonds. The number of aromatic nitrogens is 3. The molecule has 3 aromatic rings. The second-order valence-electron chi connectivity index (χ2n) is 9.91. The summed E-state index contributed by atoms with van der Waals surface area (Å²) in [6, 6.07) is 9.30. The number of carboxylic acid groups (broad SMARTS) is 1. The Kier molecular flexibility index (Phi) is 8.18. The highest BCUT2D eigenvalue weighted by Gasteiger charge is 2.44. The number of benzene rings is 2. The summed E-state index contributed by atoms with van der Waals surface area (Å²) in [6.45, 7) is 0.649. The van der Waals surface area contributed by atoms with Crippen LogP contribution in [0.25, 0.3) is 5.69 Å². The van der Waals surface area contributed by atoms with E-state index in [1.165, 1.54) is 25.3 Å². The number of likely N-dealkylation sites (tertiary alicyclic amines) is 1. The average molecular weight is 613 g/mol. The fourth-order valence-electron chi connectivity index (χ4n) is 5.35. The van der Waals surface area contributed by atoms with Crippen molar-refractivity contribution >= 4 is 35.1 Å². The van der Waals surface area contributed by atoms with Crippen LogP contribution in [0.1, 0.15) is 60.7 Å². The van der Waals surface area contributed by atoms with Gasteiger partial charge in [0.1, 0.15) is 18.0 Å². The quantitative estimate of drug-likeness (QED) is 0.371. The Morgan fingerprint density at radius 3 is 2.49 bits per heavy atom. The van der Waals surface area contributed by atoms with Gasteiger partial charge in [0.2, 0.25) is 11.7 Å². The number of nitrogens with zero attached hydrogens (tertiary/aromatic N) is 4. The summed E-state index contributed by atoms with van der Waals surface area (Å²) < 4.78 is 55.1. The minimum atomic E-state index is -4.86. The summed E-state index contributed by atoms with van der Waals surface area (Å²) in [5, 5.41) is 16.8. The number of halogens is 5. The summed E-state index contributed by atoms with van der Waals surface area (Å²) in [5.74, 6) is -2.47. The minimum Gasteiger partial charge on any atom is -0.495 e. The van der Waals surface area contributed by atoms with Crippen LogP contribution in [0.3, 0.4) is 0 Å². The van der Waals surface area contributed by atoms with E-state index in [1.807, 2.05) is 0 Å². The number of ether oxygens (including phenoxy) is 2. The molecule has 2 aromatic carbocycles. The second-order valence-corrected chi connectivity index (χ2v) is 10.7. The van der Waals surface area contributed by atoms with Crippen molar-refractivity contribution in [3.05, 3.63) is 69.2 Å². The van der Waals surface area contributed by atoms with Crippen molar-refractivity contribution in [1.29, 1.82) is 0 Å². The van der Waals surface area contributed by atoms with Crippen molar-refractivity contribution in [2.24, 2.45) is 5.92 Å². The number of carbonyl (C=O) groups is 2. The first-order valence-electron chi connectivity index (χ1n) is 12.8. The van der Waals surface area contributed by atoms with Crippen LogP contribution >= 0.6 is 23.2 Å². The summed E-state index contributed by atoms with van der Waals surface area (Å²) in [5.41, 5.74) is 0.743. The molecule has 2 aliphatic rings. The van der Waals surface area contributed by atoms with Crippen molar-refractivity contribution in [2.45, 2.75) is 44.1 Å². The molecule has 41 heavy (non-hydrogen) atoms. The zero-order chi connectivity index (χ0) is 29.5. The maximum absolute atomic E-state index is 14.2. The molecule has 3 heterocycles. The molecule has 0 unspecified atom stereocenters. The number of rotatable bonds is 6. The number of alkyl halides is 3. The number of amides is 1. The molecule has 1 fully saturated rings. The molecule has 1 aromatic heterocycles. The van der Waals surface area contributed by atoms with Crippen LogP contribution in [0.5, 0.6) is 5.75 Å². The van der Waals surface area contributed by atoms with Crippen LogP contribution < -0.4 is 4.74 Å². The van der Waals surface area contributed by atoms with Gasteiger partial charge in [-0.3, -0.25) is 14.2 Å². The maximum Gasteiger partial charge on any atom is 0.452 e. The van der Waals surface area contributed by atoms with Crippen LogP contribution in [-0.2, 0) is 20.5 Å². The Labute approximate surface area is 242 Å². The topological polar surface area (TPSA) is 107 Å². The van der Waals surface area contributed by atoms with E-state index in [2.05, 4.69) is 10.2 Å². The Hall–Kier alpha value is -3.35. The van der Waals surface area contributed by atoms with Crippen molar-refractivity contribution < 1.29 is 37.3 Å². The van der Waals surface area contributed by atoms with Gasteiger partial charge in [0.15, 0.2) is 5.82 Å². The first-order valence-corrected chi connectivity index (χ1v) is 13.5. The Bertz CT molecular complexity index is 1470. The number of piperidine rings is 1. The molecule has 1 saturated heterocycles. The van der Waals surface area contributed by atoms with Crippen LogP contribution in [0.2, 0.25) is 10.0 Å². The molecule has 218 valence electrons. The van der Waals surface area contributed by atoms with Crippen molar-refractivity contribution in [3.63, 3.8) is 0 Å². The standard InChI is InChI=1S/C27H25Cl2F3N4O5/c1-40-19-4-2-3-16(23(19)29)24-17-12-15(28)5-6-18(17)36-25(33-34-26(36)27(30,31)32)20(41-24)13-21(37)35-9-7-14(8-10-35)11-22(38)39/h2-6,12,14,20,24H,7-11,13H2,1H3,(H,38,39)/t20-,24-/m1/s1. The number of hydrogen-bond acceptors (Lipinski definition) is 6. The normalized spacial score (nSPS) is 19.3. The lowest BCUT2D eigenvalue weighted by Crippen LogP contribution is -2.39. The van der Waals surface area contributed by atoms with Gasteiger partial charge in [0.05, 0.1) is 24.2 Å². The molecule has 0 bridgehead atoms. The number of aliphatic carboxylic acids is 1. The van der Waals surface area contributed by atoms with E-state index in [1.54, 1.807) is 23.1 Å². The summed E-state index contributed by atoms with van der Waals surface area (Å²) in [6.07, 6.45) is -6.47. The van der Waals surface area contributed by atoms with Gasteiger partial charge >= 0.3 is 12.1 Å². The van der Waals surface area contributed by atoms with Gasteiger partial charge in [-0.2, -0.15) is 13.2 Å². The molecule has 0 aliphatic carbocycles. The smallest absolute Gasteiger partial charge is 0.452 e. The first kappa shape index (κ1) is 29.2. The van der Waals surface area contributed by atoms with Gasteiger partial charge in [0, 0.05) is 35.7 Å². The molecular formula is C27H25Cl2F3N4O5. The highest BCUT2D eigenvalue weighted by molar-refractivity contribution is 6.33. The van der Waals surface area contributed by atoms with Crippen LogP contribution in [0, 0.1) is 5.92 Å². The van der Waals surface area contributed by atoms with Crippen molar-refractivity contribution in [1.82, 2.24) is 19.7 Å². The van der Waals surface area contributed by atoms with E-state index in [0.29, 0.717) is 37.2 Å². The Morgan fingerprint density at radius 1 is 1.10 bits per heavy atom. The van der Waals surface area contributed by atoms with E-state index >= 15 is 0 Å². The van der Waals surface area contributed by atoms with E-state index < -0.39 is 30.2 Å². The number of carbonyl (C=O) groups excluding carboxylic acids is 1. The van der Waals surface area contributed by atoms with Gasteiger partial charge in [-0.05, 0) is 43.0 Å². The predicted molar refractivity (Wildman–Crippen MR) is 141 cm³/mol. The van der Waals surface area contributed by atoms with Crippen LogP contribution in [0.15, 0.2) is 36.4 Å². The van der Waals surface area contributed by atoms with E-state index in [-0.39, 0.29) is 51.8 Å². The van der Waals surface area contributed by atoms with Gasteiger partial charge < -0.3 is 19.5 Å². The van der Waals surface area contributed by atoms with Crippen molar-refractivity contribution in [3.8, 4) is 11.4 Å². The zero-order valence-corrected chi connectivity index (χ0v) is 23.2. The SMILES string of the molecule is COc1cccc([C@H]2O[C@H](CC(=O)N3CCC(CC(=O)O)CC3)c3nnc(C(F)(F)F)n3-c3ccc(Cl)cc32)c1Cl. The molecular weight excluding hydrogens is 588 g/mol. The summed E-state index contributed by atoms with van der Waals surface area (Å²) in [4.78, 5) is 26.1. The van der Waals surface area contributed by atoms with E-state index in [9.17, 15) is 22.8 Å². The number of methoxy groups -OCH3 is 1. The highest BCUT2D eigenvalue weighted by atomic mass is 35.5. The average Bonchev–Trinajstić information content (AvgIpc) is 3.32. The highest BCUT2D eigenvalue weighted by Crippen LogP contribution is 2.46. The fraction of sp³-hybridized carbons (Fsp3) is 0.407. The molecule has 5 rings (SSSR count). The molecule has 2 aliphatic heterocycles. The van der Waals surface area contributed by atoms with Crippen LogP contribution in [0.4, 0.5) is 13.2 Å². The van der Waals surface area contributed by atoms with Gasteiger partial charge in [-0.15, -0.1) is 10.2 Å². The Balaban J connectivity index is 1.57. The van der Waals surface area contributed by atoms with Crippen LogP contribution in [-0.4, -0.2) is 56.8 Å². The van der Waals surface area contributed by atoms with Gasteiger partial charge in [0.25, 0.3) is 0 Å². The molecule has 14 heteroatoms. The molecule has 0 spiro atoms. The lowest BCUT2D eigenvalue weighted by atomic mass is 9.93. The van der Waals surface area contributed by atoms with E-state index in [4.69, 9.17) is 37.8 Å². The van der Waals surface area contributed by atoms with Crippen molar-refractivity contribution in [2.75, 3.05) is 20.2 Å². The monoisotopic (exact) mass is 612 g/mol. The largest absolute Gasteiger partial charge is 0.495 e. The third kappa shape index (κ3) is 5.86.